The van der Waals surface area contributed by atoms with E-state index in [9.17, 15) is 13.6 Å². The fraction of sp³-hybridized carbons (Fsp3) is 0.462. The molecule has 0 aromatic heterocycles. The minimum Gasteiger partial charge on any atom is -0.352 e. The second kappa shape index (κ2) is 6.44. The van der Waals surface area contributed by atoms with Crippen LogP contribution in [0.25, 0.3) is 0 Å². The first-order valence-corrected chi connectivity index (χ1v) is 5.88. The number of halogens is 2. The summed E-state index contributed by atoms with van der Waals surface area (Å²) in [6, 6.07) is 3.35. The van der Waals surface area contributed by atoms with Crippen LogP contribution in [0.3, 0.4) is 0 Å². The van der Waals surface area contributed by atoms with Crippen molar-refractivity contribution in [1.29, 1.82) is 0 Å². The van der Waals surface area contributed by atoms with Crippen LogP contribution in [-0.2, 0) is 11.2 Å². The standard InChI is InChI=1S/C13H18F2N2O/c1-8(2)12(7-16)17-13(18)6-9-10(14)4-3-5-11(9)15/h3-5,8,12H,6-7,16H2,1-2H3,(H,17,18). The Morgan fingerprint density at radius 1 is 1.33 bits per heavy atom. The molecular weight excluding hydrogens is 238 g/mol. The SMILES string of the molecule is CC(C)C(CN)NC(=O)Cc1c(F)cccc1F. The van der Waals surface area contributed by atoms with Crippen molar-refractivity contribution in [1.82, 2.24) is 5.32 Å². The van der Waals surface area contributed by atoms with Gasteiger partial charge in [-0.2, -0.15) is 0 Å². The highest BCUT2D eigenvalue weighted by atomic mass is 19.1. The molecule has 0 fully saturated rings. The molecule has 3 nitrogen and oxygen atoms in total. The number of amides is 1. The third-order valence-electron chi connectivity index (χ3n) is 2.80. The summed E-state index contributed by atoms with van der Waals surface area (Å²) < 4.78 is 26.7. The highest BCUT2D eigenvalue weighted by molar-refractivity contribution is 5.79. The zero-order valence-electron chi connectivity index (χ0n) is 10.5. The van der Waals surface area contributed by atoms with E-state index in [0.29, 0.717) is 6.54 Å². The van der Waals surface area contributed by atoms with Gasteiger partial charge in [0.05, 0.1) is 6.42 Å². The number of carbonyl (C=O) groups is 1. The van der Waals surface area contributed by atoms with Crippen LogP contribution in [0.1, 0.15) is 19.4 Å². The Bertz CT molecular complexity index is 401. The van der Waals surface area contributed by atoms with E-state index in [4.69, 9.17) is 5.73 Å². The van der Waals surface area contributed by atoms with Gasteiger partial charge in [-0.3, -0.25) is 4.79 Å². The Labute approximate surface area is 105 Å². The van der Waals surface area contributed by atoms with E-state index in [2.05, 4.69) is 5.32 Å². The lowest BCUT2D eigenvalue weighted by molar-refractivity contribution is -0.121. The number of hydrogen-bond donors (Lipinski definition) is 2. The molecule has 0 aliphatic carbocycles. The van der Waals surface area contributed by atoms with Crippen molar-refractivity contribution >= 4 is 5.91 Å². The van der Waals surface area contributed by atoms with Gasteiger partial charge in [0.25, 0.3) is 0 Å². The van der Waals surface area contributed by atoms with Crippen LogP contribution >= 0.6 is 0 Å². The maximum atomic E-state index is 13.3. The smallest absolute Gasteiger partial charge is 0.224 e. The normalized spacial score (nSPS) is 12.6. The lowest BCUT2D eigenvalue weighted by Crippen LogP contribution is -2.44. The molecule has 18 heavy (non-hydrogen) atoms. The van der Waals surface area contributed by atoms with E-state index < -0.39 is 17.5 Å². The van der Waals surface area contributed by atoms with Crippen LogP contribution in [-0.4, -0.2) is 18.5 Å². The summed E-state index contributed by atoms with van der Waals surface area (Å²) in [6.45, 7) is 4.13. The first kappa shape index (κ1) is 14.6. The third-order valence-corrected chi connectivity index (χ3v) is 2.80. The maximum absolute atomic E-state index is 13.3. The summed E-state index contributed by atoms with van der Waals surface area (Å²) in [6.07, 6.45) is -0.318. The van der Waals surface area contributed by atoms with Gasteiger partial charge in [-0.25, -0.2) is 8.78 Å². The first-order chi connectivity index (χ1) is 8.45. The van der Waals surface area contributed by atoms with E-state index in [1.165, 1.54) is 6.07 Å². The molecule has 1 rings (SSSR count). The highest BCUT2D eigenvalue weighted by Gasteiger charge is 2.17. The number of benzene rings is 1. The van der Waals surface area contributed by atoms with Gasteiger partial charge in [-0.05, 0) is 18.1 Å². The molecule has 0 heterocycles. The predicted octanol–water partition coefficient (Wildman–Crippen LogP) is 1.61. The van der Waals surface area contributed by atoms with Gasteiger partial charge >= 0.3 is 0 Å². The summed E-state index contributed by atoms with van der Waals surface area (Å²) in [5, 5.41) is 2.67. The molecule has 1 atom stereocenters. The van der Waals surface area contributed by atoms with Crippen LogP contribution < -0.4 is 11.1 Å². The highest BCUT2D eigenvalue weighted by Crippen LogP contribution is 2.12. The lowest BCUT2D eigenvalue weighted by Gasteiger charge is -2.20. The summed E-state index contributed by atoms with van der Waals surface area (Å²) in [5.41, 5.74) is 5.30. The van der Waals surface area contributed by atoms with Crippen LogP contribution in [0.15, 0.2) is 18.2 Å². The predicted molar refractivity (Wildman–Crippen MR) is 65.9 cm³/mol. The topological polar surface area (TPSA) is 55.1 Å². The van der Waals surface area contributed by atoms with Gasteiger partial charge in [-0.15, -0.1) is 0 Å². The molecule has 1 aromatic carbocycles. The van der Waals surface area contributed by atoms with Crippen LogP contribution in [0.5, 0.6) is 0 Å². The minimum atomic E-state index is -0.709. The molecule has 0 saturated heterocycles. The second-order valence-corrected chi connectivity index (χ2v) is 4.53. The summed E-state index contributed by atoms with van der Waals surface area (Å²) in [7, 11) is 0. The van der Waals surface area contributed by atoms with Gasteiger partial charge in [0, 0.05) is 18.2 Å². The van der Waals surface area contributed by atoms with Crippen molar-refractivity contribution in [3.63, 3.8) is 0 Å². The van der Waals surface area contributed by atoms with E-state index in [-0.39, 0.29) is 23.9 Å². The molecule has 0 saturated carbocycles. The Kier molecular flexibility index (Phi) is 5.22. The van der Waals surface area contributed by atoms with Crippen molar-refractivity contribution in [2.24, 2.45) is 11.7 Å². The van der Waals surface area contributed by atoms with Crippen molar-refractivity contribution in [3.8, 4) is 0 Å². The average Bonchev–Trinajstić information content (AvgIpc) is 2.30. The Balaban J connectivity index is 2.70. The molecule has 0 aliphatic rings. The number of hydrogen-bond acceptors (Lipinski definition) is 2. The van der Waals surface area contributed by atoms with Crippen molar-refractivity contribution in [3.05, 3.63) is 35.4 Å². The molecule has 5 heteroatoms. The molecule has 0 radical (unpaired) electrons. The van der Waals surface area contributed by atoms with Crippen molar-refractivity contribution < 1.29 is 13.6 Å². The first-order valence-electron chi connectivity index (χ1n) is 5.88. The quantitative estimate of drug-likeness (QED) is 0.841. The van der Waals surface area contributed by atoms with E-state index in [1.54, 1.807) is 0 Å². The zero-order chi connectivity index (χ0) is 13.7. The summed E-state index contributed by atoms with van der Waals surface area (Å²) in [4.78, 5) is 11.7. The number of carbonyl (C=O) groups excluding carboxylic acids is 1. The zero-order valence-corrected chi connectivity index (χ0v) is 10.5. The molecule has 1 unspecified atom stereocenters. The summed E-state index contributed by atoms with van der Waals surface area (Å²) in [5.74, 6) is -1.68. The van der Waals surface area contributed by atoms with Crippen molar-refractivity contribution in [2.75, 3.05) is 6.54 Å². The largest absolute Gasteiger partial charge is 0.352 e. The van der Waals surface area contributed by atoms with Crippen LogP contribution in [0.2, 0.25) is 0 Å². The molecule has 0 aliphatic heterocycles. The van der Waals surface area contributed by atoms with Gasteiger partial charge in [0.1, 0.15) is 11.6 Å². The summed E-state index contributed by atoms with van der Waals surface area (Å²) >= 11 is 0. The minimum absolute atomic E-state index is 0.171. The van der Waals surface area contributed by atoms with E-state index in [0.717, 1.165) is 12.1 Å². The van der Waals surface area contributed by atoms with Gasteiger partial charge < -0.3 is 11.1 Å². The lowest BCUT2D eigenvalue weighted by atomic mass is 10.0. The molecular formula is C13H18F2N2O. The van der Waals surface area contributed by atoms with Crippen LogP contribution in [0.4, 0.5) is 8.78 Å². The number of rotatable bonds is 5. The number of nitrogens with two attached hydrogens (primary N) is 1. The molecule has 3 N–H and O–H groups in total. The maximum Gasteiger partial charge on any atom is 0.224 e. The van der Waals surface area contributed by atoms with Crippen molar-refractivity contribution in [2.45, 2.75) is 26.3 Å². The van der Waals surface area contributed by atoms with Gasteiger partial charge in [0.2, 0.25) is 5.91 Å². The fourth-order valence-corrected chi connectivity index (χ4v) is 1.62. The molecule has 100 valence electrons. The van der Waals surface area contributed by atoms with E-state index in [1.807, 2.05) is 13.8 Å². The molecule has 0 spiro atoms. The Morgan fingerprint density at radius 2 is 1.89 bits per heavy atom. The molecule has 1 aromatic rings. The Morgan fingerprint density at radius 3 is 2.33 bits per heavy atom. The second-order valence-electron chi connectivity index (χ2n) is 4.53. The fourth-order valence-electron chi connectivity index (χ4n) is 1.62. The molecule has 1 amide bonds. The van der Waals surface area contributed by atoms with Gasteiger partial charge in [-0.1, -0.05) is 19.9 Å². The average molecular weight is 256 g/mol. The van der Waals surface area contributed by atoms with E-state index >= 15 is 0 Å². The van der Waals surface area contributed by atoms with Crippen LogP contribution in [0, 0.1) is 17.6 Å². The van der Waals surface area contributed by atoms with Gasteiger partial charge in [0.15, 0.2) is 0 Å². The number of nitrogens with one attached hydrogen (secondary N) is 1. The molecule has 0 bridgehead atoms. The Hall–Kier alpha value is -1.49. The monoisotopic (exact) mass is 256 g/mol. The third kappa shape index (κ3) is 3.77.